The van der Waals surface area contributed by atoms with Gasteiger partial charge in [0.1, 0.15) is 0 Å². The molecule has 0 aliphatic carbocycles. The Bertz CT molecular complexity index is 993. The van der Waals surface area contributed by atoms with Gasteiger partial charge in [-0.2, -0.15) is 8.42 Å². The molecule has 1 aromatic heterocycles. The van der Waals surface area contributed by atoms with E-state index in [1.807, 2.05) is 0 Å². The first-order valence-electron chi connectivity index (χ1n) is 8.39. The Morgan fingerprint density at radius 3 is 2.50 bits per heavy atom. The smallest absolute Gasteiger partial charge is 0.338 e. The predicted octanol–water partition coefficient (Wildman–Crippen LogP) is 2.81. The number of nitrogens with zero attached hydrogens (tertiary/aromatic N) is 2. The molecular formula is C17H22N4O5S2. The zero-order chi connectivity index (χ0) is 21.1. The number of anilines is 2. The van der Waals surface area contributed by atoms with E-state index in [2.05, 4.69) is 20.2 Å². The van der Waals surface area contributed by atoms with Gasteiger partial charge in [0.15, 0.2) is 0 Å². The number of rotatable bonds is 6. The van der Waals surface area contributed by atoms with Gasteiger partial charge in [0.2, 0.25) is 11.0 Å². The van der Waals surface area contributed by atoms with Crippen molar-refractivity contribution in [2.45, 2.75) is 39.0 Å². The van der Waals surface area contributed by atoms with Gasteiger partial charge in [-0.3, -0.25) is 9.52 Å². The Hall–Kier alpha value is -2.53. The third kappa shape index (κ3) is 5.26. The first kappa shape index (κ1) is 21.8. The summed E-state index contributed by atoms with van der Waals surface area (Å²) in [6, 6.07) is 4.56. The van der Waals surface area contributed by atoms with Crippen molar-refractivity contribution in [1.29, 1.82) is 0 Å². The van der Waals surface area contributed by atoms with Crippen LogP contribution in [0, 0.1) is 12.3 Å². The quantitative estimate of drug-likeness (QED) is 0.537. The molecule has 0 unspecified atom stereocenters. The summed E-state index contributed by atoms with van der Waals surface area (Å²) in [5, 5.41) is 9.98. The summed E-state index contributed by atoms with van der Waals surface area (Å²) in [5.41, 5.74) is 0.400. The molecule has 152 valence electrons. The van der Waals surface area contributed by atoms with E-state index in [1.165, 1.54) is 6.07 Å². The average molecular weight is 427 g/mol. The molecule has 0 saturated carbocycles. The van der Waals surface area contributed by atoms with E-state index in [0.717, 1.165) is 11.3 Å². The van der Waals surface area contributed by atoms with Gasteiger partial charge in [-0.15, -0.1) is 10.2 Å². The van der Waals surface area contributed by atoms with Gasteiger partial charge < -0.3 is 10.1 Å². The maximum absolute atomic E-state index is 12.6. The van der Waals surface area contributed by atoms with Crippen LogP contribution < -0.4 is 10.0 Å². The first-order valence-corrected chi connectivity index (χ1v) is 10.7. The number of aromatic nitrogens is 2. The molecule has 0 atom stereocenters. The van der Waals surface area contributed by atoms with Crippen molar-refractivity contribution in [3.05, 3.63) is 29.3 Å². The highest BCUT2D eigenvalue weighted by molar-refractivity contribution is 7.94. The molecule has 2 aromatic rings. The van der Waals surface area contributed by atoms with Crippen molar-refractivity contribution in [3.63, 3.8) is 0 Å². The average Bonchev–Trinajstić information content (AvgIpc) is 3.05. The number of benzene rings is 1. The van der Waals surface area contributed by atoms with Crippen LogP contribution in [0.3, 0.4) is 0 Å². The number of hydrogen-bond donors (Lipinski definition) is 2. The van der Waals surface area contributed by atoms with E-state index in [0.29, 0.717) is 5.56 Å². The van der Waals surface area contributed by atoms with Crippen LogP contribution in [-0.4, -0.2) is 37.1 Å². The van der Waals surface area contributed by atoms with Gasteiger partial charge in [0, 0.05) is 5.41 Å². The topological polar surface area (TPSA) is 127 Å². The third-order valence-corrected chi connectivity index (χ3v) is 6.10. The largest absolute Gasteiger partial charge is 0.462 e. The molecule has 0 saturated heterocycles. The van der Waals surface area contributed by atoms with Gasteiger partial charge in [-0.1, -0.05) is 38.2 Å². The molecule has 11 heteroatoms. The highest BCUT2D eigenvalue weighted by Gasteiger charge is 2.25. The van der Waals surface area contributed by atoms with Crippen LogP contribution in [-0.2, 0) is 19.6 Å². The Morgan fingerprint density at radius 2 is 1.89 bits per heavy atom. The standard InChI is InChI=1S/C17H22N4O5S2/c1-6-26-13(22)11-8-7-10(2)12(9-11)21-28(24,25)16-20-19-15(27-16)18-14(23)17(3,4)5/h7-9,21H,6H2,1-5H3,(H,18,19,23). The molecule has 0 bridgehead atoms. The second kappa shape index (κ2) is 8.23. The maximum Gasteiger partial charge on any atom is 0.338 e. The summed E-state index contributed by atoms with van der Waals surface area (Å²) in [5.74, 6) is -0.857. The molecule has 1 amide bonds. The van der Waals surface area contributed by atoms with Crippen LogP contribution in [0.25, 0.3) is 0 Å². The minimum absolute atomic E-state index is 0.0808. The molecule has 2 rings (SSSR count). The predicted molar refractivity (Wildman–Crippen MR) is 106 cm³/mol. The minimum atomic E-state index is -4.05. The number of sulfonamides is 1. The zero-order valence-corrected chi connectivity index (χ0v) is 17.8. The summed E-state index contributed by atoms with van der Waals surface area (Å²) in [7, 11) is -4.05. The first-order chi connectivity index (χ1) is 12.9. The Kier molecular flexibility index (Phi) is 6.40. The van der Waals surface area contributed by atoms with E-state index < -0.39 is 21.4 Å². The van der Waals surface area contributed by atoms with Crippen LogP contribution in [0.2, 0.25) is 0 Å². The Labute approximate surface area is 167 Å². The van der Waals surface area contributed by atoms with Crippen molar-refractivity contribution in [2.24, 2.45) is 5.41 Å². The highest BCUT2D eigenvalue weighted by atomic mass is 32.2. The van der Waals surface area contributed by atoms with Crippen molar-refractivity contribution in [3.8, 4) is 0 Å². The number of aryl methyl sites for hydroxylation is 1. The minimum Gasteiger partial charge on any atom is -0.462 e. The van der Waals surface area contributed by atoms with Crippen LogP contribution in [0.5, 0.6) is 0 Å². The Morgan fingerprint density at radius 1 is 1.21 bits per heavy atom. The number of amides is 1. The molecule has 0 radical (unpaired) electrons. The van der Waals surface area contributed by atoms with Crippen molar-refractivity contribution in [2.75, 3.05) is 16.6 Å². The third-order valence-electron chi connectivity index (χ3n) is 3.53. The molecule has 0 aliphatic rings. The van der Waals surface area contributed by atoms with Crippen molar-refractivity contribution >= 4 is 44.1 Å². The van der Waals surface area contributed by atoms with Crippen LogP contribution >= 0.6 is 11.3 Å². The van der Waals surface area contributed by atoms with Gasteiger partial charge >= 0.3 is 5.97 Å². The van der Waals surface area contributed by atoms with Crippen molar-refractivity contribution in [1.82, 2.24) is 10.2 Å². The molecule has 0 fully saturated rings. The summed E-state index contributed by atoms with van der Waals surface area (Å²) in [4.78, 5) is 23.9. The lowest BCUT2D eigenvalue weighted by Crippen LogP contribution is -2.27. The van der Waals surface area contributed by atoms with E-state index in [4.69, 9.17) is 4.74 Å². The van der Waals surface area contributed by atoms with E-state index in [9.17, 15) is 18.0 Å². The second-order valence-corrected chi connectivity index (χ2v) is 9.77. The number of hydrogen-bond acceptors (Lipinski definition) is 8. The fourth-order valence-corrected chi connectivity index (χ4v) is 3.93. The molecule has 2 N–H and O–H groups in total. The normalized spacial score (nSPS) is 11.8. The van der Waals surface area contributed by atoms with Gasteiger partial charge in [0.05, 0.1) is 17.9 Å². The van der Waals surface area contributed by atoms with Crippen LogP contribution in [0.4, 0.5) is 10.8 Å². The number of esters is 1. The SMILES string of the molecule is CCOC(=O)c1ccc(C)c(NS(=O)(=O)c2nnc(NC(=O)C(C)(C)C)s2)c1. The number of nitrogens with one attached hydrogen (secondary N) is 2. The van der Waals surface area contributed by atoms with Crippen molar-refractivity contribution < 1.29 is 22.7 Å². The maximum atomic E-state index is 12.6. The number of ether oxygens (including phenoxy) is 1. The molecule has 9 nitrogen and oxygen atoms in total. The van der Waals surface area contributed by atoms with Gasteiger partial charge in [-0.25, -0.2) is 4.79 Å². The second-order valence-electron chi connectivity index (χ2n) is 6.93. The van der Waals surface area contributed by atoms with E-state index in [-0.39, 0.29) is 33.2 Å². The number of carbonyl (C=O) groups excluding carboxylic acids is 2. The van der Waals surface area contributed by atoms with Gasteiger partial charge in [-0.05, 0) is 31.5 Å². The fourth-order valence-electron chi connectivity index (χ4n) is 1.92. The van der Waals surface area contributed by atoms with Gasteiger partial charge in [0.25, 0.3) is 14.4 Å². The fraction of sp³-hybridized carbons (Fsp3) is 0.412. The van der Waals surface area contributed by atoms with E-state index in [1.54, 1.807) is 46.8 Å². The summed E-state index contributed by atoms with van der Waals surface area (Å²) < 4.78 is 32.3. The molecule has 0 spiro atoms. The number of carbonyl (C=O) groups is 2. The summed E-state index contributed by atoms with van der Waals surface area (Å²) in [6.07, 6.45) is 0. The summed E-state index contributed by atoms with van der Waals surface area (Å²) in [6.45, 7) is 8.76. The zero-order valence-electron chi connectivity index (χ0n) is 16.2. The Balaban J connectivity index is 2.24. The molecule has 28 heavy (non-hydrogen) atoms. The van der Waals surface area contributed by atoms with Crippen LogP contribution in [0.15, 0.2) is 22.5 Å². The lowest BCUT2D eigenvalue weighted by Gasteiger charge is -2.15. The monoisotopic (exact) mass is 426 g/mol. The lowest BCUT2D eigenvalue weighted by atomic mass is 9.96. The molecule has 1 heterocycles. The molecule has 1 aromatic carbocycles. The highest BCUT2D eigenvalue weighted by Crippen LogP contribution is 2.26. The lowest BCUT2D eigenvalue weighted by molar-refractivity contribution is -0.123. The van der Waals surface area contributed by atoms with Crippen LogP contribution in [0.1, 0.15) is 43.6 Å². The van der Waals surface area contributed by atoms with E-state index >= 15 is 0 Å². The molecular weight excluding hydrogens is 404 g/mol. The summed E-state index contributed by atoms with van der Waals surface area (Å²) >= 11 is 0.732. The molecule has 0 aliphatic heterocycles.